The third kappa shape index (κ3) is 24.3. The van der Waals surface area contributed by atoms with Gasteiger partial charge in [-0.05, 0) is 58.4 Å². The van der Waals surface area contributed by atoms with Crippen LogP contribution in [0.5, 0.6) is 11.5 Å². The molecule has 33 nitrogen and oxygen atoms in total. The summed E-state index contributed by atoms with van der Waals surface area (Å²) in [5.74, 6) is -6.10. The third-order valence-electron chi connectivity index (χ3n) is 16.7. The summed E-state index contributed by atoms with van der Waals surface area (Å²) in [7, 11) is -10.3. The molecule has 3 aliphatic rings. The number of primary amides is 1. The van der Waals surface area contributed by atoms with E-state index in [1.807, 2.05) is 0 Å². The fourth-order valence-electron chi connectivity index (χ4n) is 11.8. The minimum Gasteiger partial charge on any atom is -0.445 e. The first-order chi connectivity index (χ1) is 50.2. The number of nitrogens with zero attached hydrogens (tertiary/aromatic N) is 4. The van der Waals surface area contributed by atoms with Gasteiger partial charge in [0.1, 0.15) is 43.3 Å². The molecule has 4 unspecified atom stereocenters. The van der Waals surface area contributed by atoms with E-state index in [-0.39, 0.29) is 131 Å². The Kier molecular flexibility index (Phi) is 31.2. The van der Waals surface area contributed by atoms with Gasteiger partial charge in [-0.3, -0.25) is 62.9 Å². The molecular formula is C68H85Cl2N9O24P2. The number of phosphoric ester groups is 2. The molecule has 5 aromatic carbocycles. The maximum absolute atomic E-state index is 14.8. The Bertz CT molecular complexity index is 3870. The van der Waals surface area contributed by atoms with Crippen molar-refractivity contribution in [1.29, 1.82) is 0 Å². The SMILES string of the molecule is CC(C)C(NC(=O)CCOCCOCCOCCOCCOCCOCCN1C(=O)C=CC1=O)C(=O)NC(CCCNC(N)=O)C(=O)Nc1ccc(COC(=O)N(CC(=O)N2CC(CCl)c3c2cc(OP(=O)(O)O)c2ccccc32)CC(=O)N2CC(CCl)c3c2cc(OP(=O)(O)O)c2ccccc32)cc1. The van der Waals surface area contributed by atoms with Gasteiger partial charge in [0.15, 0.2) is 0 Å². The Balaban J connectivity index is 0.839. The van der Waals surface area contributed by atoms with Crippen molar-refractivity contribution < 1.29 is 114 Å². The molecule has 0 radical (unpaired) electrons. The van der Waals surface area contributed by atoms with Crippen LogP contribution >= 0.6 is 38.8 Å². The highest BCUT2D eigenvalue weighted by Crippen LogP contribution is 2.51. The van der Waals surface area contributed by atoms with Gasteiger partial charge in [0, 0.05) is 90.4 Å². The largest absolute Gasteiger partial charge is 0.524 e. The molecule has 105 heavy (non-hydrogen) atoms. The first-order valence-electron chi connectivity index (χ1n) is 33.5. The van der Waals surface area contributed by atoms with Crippen molar-refractivity contribution in [3.05, 3.63) is 114 Å². The summed E-state index contributed by atoms with van der Waals surface area (Å²) in [4.78, 5) is 164. The number of rotatable bonds is 43. The molecule has 3 heterocycles. The molecular weight excluding hydrogens is 1460 g/mol. The molecule has 3 aliphatic heterocycles. The normalized spacial score (nSPS) is 15.4. The van der Waals surface area contributed by atoms with E-state index in [1.165, 1.54) is 58.4 Å². The molecule has 0 aromatic heterocycles. The lowest BCUT2D eigenvalue weighted by Gasteiger charge is -2.27. The first kappa shape index (κ1) is 82.3. The van der Waals surface area contributed by atoms with Crippen LogP contribution in [-0.2, 0) is 82.5 Å². The number of anilines is 3. The quantitative estimate of drug-likeness (QED) is 0.0107. The first-order valence-corrected chi connectivity index (χ1v) is 37.7. The van der Waals surface area contributed by atoms with Gasteiger partial charge in [0.2, 0.25) is 29.5 Å². The van der Waals surface area contributed by atoms with E-state index < -0.39 is 107 Å². The van der Waals surface area contributed by atoms with Gasteiger partial charge >= 0.3 is 27.8 Å². The van der Waals surface area contributed by atoms with Gasteiger partial charge in [-0.2, -0.15) is 0 Å². The molecule has 8 rings (SSSR count). The molecule has 5 aromatic rings. The Morgan fingerprint density at radius 2 is 1.06 bits per heavy atom. The lowest BCUT2D eigenvalue weighted by Crippen LogP contribution is -2.54. The van der Waals surface area contributed by atoms with Crippen molar-refractivity contribution in [1.82, 2.24) is 25.8 Å². The second kappa shape index (κ2) is 39.8. The van der Waals surface area contributed by atoms with Crippen LogP contribution in [0.15, 0.2) is 97.1 Å². The zero-order valence-corrected chi connectivity index (χ0v) is 60.9. The number of fused-ring (bicyclic) bond motifs is 6. The monoisotopic (exact) mass is 1540 g/mol. The molecule has 37 heteroatoms. The maximum atomic E-state index is 14.8. The number of carbonyl (C=O) groups excluding carboxylic acids is 9. The number of urea groups is 1. The zero-order valence-electron chi connectivity index (χ0n) is 57.6. The topological polar surface area (TPSA) is 439 Å². The summed E-state index contributed by atoms with van der Waals surface area (Å²) in [6, 6.07) is 18.6. The van der Waals surface area contributed by atoms with Crippen LogP contribution < -0.4 is 45.8 Å². The fourth-order valence-corrected chi connectivity index (χ4v) is 13.1. The van der Waals surface area contributed by atoms with Crippen LogP contribution in [-0.4, -0.2) is 225 Å². The number of halogens is 2. The van der Waals surface area contributed by atoms with E-state index in [4.69, 9.17) is 71.1 Å². The summed E-state index contributed by atoms with van der Waals surface area (Å²) in [5.41, 5.74) is 7.31. The number of nitrogens with one attached hydrogen (secondary N) is 4. The number of benzene rings is 5. The zero-order chi connectivity index (χ0) is 75.8. The van der Waals surface area contributed by atoms with E-state index in [2.05, 4.69) is 21.3 Å². The number of nitrogens with two attached hydrogens (primary N) is 1. The Hall–Kier alpha value is -8.37. The Morgan fingerprint density at radius 3 is 1.50 bits per heavy atom. The molecule has 0 aliphatic carbocycles. The number of carbonyl (C=O) groups is 9. The molecule has 0 saturated heterocycles. The summed E-state index contributed by atoms with van der Waals surface area (Å²) in [5, 5.41) is 12.3. The molecule has 570 valence electrons. The summed E-state index contributed by atoms with van der Waals surface area (Å²) < 4.78 is 73.4. The highest BCUT2D eigenvalue weighted by molar-refractivity contribution is 7.47. The summed E-state index contributed by atoms with van der Waals surface area (Å²) >= 11 is 13.0. The van der Waals surface area contributed by atoms with Crippen molar-refractivity contribution in [3.63, 3.8) is 0 Å². The minimum atomic E-state index is -5.15. The van der Waals surface area contributed by atoms with E-state index >= 15 is 0 Å². The lowest BCUT2D eigenvalue weighted by molar-refractivity contribution is -0.138. The van der Waals surface area contributed by atoms with Crippen molar-refractivity contribution in [2.75, 3.05) is 145 Å². The number of alkyl halides is 2. The highest BCUT2D eigenvalue weighted by Gasteiger charge is 2.40. The van der Waals surface area contributed by atoms with Crippen molar-refractivity contribution in [3.8, 4) is 11.5 Å². The second-order valence-electron chi connectivity index (χ2n) is 24.5. The number of hydrogen-bond acceptors (Lipinski definition) is 20. The van der Waals surface area contributed by atoms with Crippen LogP contribution in [0.4, 0.5) is 26.7 Å². The highest BCUT2D eigenvalue weighted by atomic mass is 35.5. The molecule has 0 fully saturated rings. The van der Waals surface area contributed by atoms with E-state index in [1.54, 1.807) is 62.4 Å². The van der Waals surface area contributed by atoms with Gasteiger partial charge in [-0.25, -0.2) is 18.7 Å². The molecule has 10 amide bonds. The average Bonchev–Trinajstić information content (AvgIpc) is 1.63. The Morgan fingerprint density at radius 1 is 0.610 bits per heavy atom. The van der Waals surface area contributed by atoms with Gasteiger partial charge in [-0.1, -0.05) is 74.5 Å². The van der Waals surface area contributed by atoms with Crippen LogP contribution in [0, 0.1) is 5.92 Å². The molecule has 0 bridgehead atoms. The average molecular weight is 1550 g/mol. The number of hydrogen-bond donors (Lipinski definition) is 9. The Labute approximate surface area is 613 Å². The molecule has 0 spiro atoms. The number of imide groups is 1. The molecule has 4 atom stereocenters. The van der Waals surface area contributed by atoms with Gasteiger partial charge < -0.3 is 79.0 Å². The van der Waals surface area contributed by atoms with Gasteiger partial charge in [0.25, 0.3) is 11.8 Å². The van der Waals surface area contributed by atoms with Gasteiger partial charge in [0.05, 0.1) is 97.2 Å². The third-order valence-corrected chi connectivity index (χ3v) is 18.3. The van der Waals surface area contributed by atoms with E-state index in [0.717, 1.165) is 9.80 Å². The smallest absolute Gasteiger partial charge is 0.445 e. The predicted molar refractivity (Wildman–Crippen MR) is 383 cm³/mol. The van der Waals surface area contributed by atoms with Crippen molar-refractivity contribution in [2.45, 2.75) is 63.6 Å². The van der Waals surface area contributed by atoms with Crippen molar-refractivity contribution >= 4 is 131 Å². The molecule has 0 saturated carbocycles. The number of phosphoric acid groups is 2. The minimum absolute atomic E-state index is 0.00717. The fraction of sp³-hybridized carbons (Fsp3) is 0.456. The lowest BCUT2D eigenvalue weighted by atomic mass is 9.95. The van der Waals surface area contributed by atoms with Crippen LogP contribution in [0.2, 0.25) is 0 Å². The van der Waals surface area contributed by atoms with Crippen LogP contribution in [0.3, 0.4) is 0 Å². The van der Waals surface area contributed by atoms with Crippen LogP contribution in [0.25, 0.3) is 21.5 Å². The number of ether oxygens (including phenoxy) is 7. The molecule has 10 N–H and O–H groups in total. The maximum Gasteiger partial charge on any atom is 0.524 e. The summed E-state index contributed by atoms with van der Waals surface area (Å²) in [6.45, 7) is 4.62. The second-order valence-corrected chi connectivity index (χ2v) is 27.5. The van der Waals surface area contributed by atoms with Crippen molar-refractivity contribution in [2.24, 2.45) is 11.7 Å². The number of amides is 10. The predicted octanol–water partition coefficient (Wildman–Crippen LogP) is 5.04. The standard InChI is InChI=1S/C68H85Cl2N9O24P2/c1-43(2)64(75-57(80)19-22-95-24-26-97-28-30-99-32-33-100-31-29-98-27-25-96-23-21-77-58(81)17-18-59(77)82)66(86)74-52(12-7-20-72-67(71)87)65(85)73-47-15-13-44(14-16-47)42-101-68(88)76(40-60(83)78-38-45(36-69)62-50-10-5-3-8-48(50)55(34-53(62)78)102-104(89,90)91)41-61(84)79-39-46(37-70)63-51-11-6-4-9-49(51)56(35-54(63)79)103-105(92,93)94/h3-6,8-11,13-18,34-35,43,45-46,52,64H,7,12,19-33,36-42H2,1-2H3,(H,73,85)(H,74,86)(H,75,80)(H3,71,72,87)(H2,89,90,91)(H2,92,93,94). The van der Waals surface area contributed by atoms with E-state index in [0.29, 0.717) is 84.5 Å². The van der Waals surface area contributed by atoms with Gasteiger partial charge in [-0.15, -0.1) is 23.2 Å². The van der Waals surface area contributed by atoms with E-state index in [9.17, 15) is 71.9 Å². The summed E-state index contributed by atoms with van der Waals surface area (Å²) in [6.07, 6.45) is 1.37. The van der Waals surface area contributed by atoms with Crippen LogP contribution in [0.1, 0.15) is 61.6 Å².